The summed E-state index contributed by atoms with van der Waals surface area (Å²) in [5.74, 6) is 0. The summed E-state index contributed by atoms with van der Waals surface area (Å²) in [6.45, 7) is 2.82. The highest BCUT2D eigenvalue weighted by molar-refractivity contribution is 5.46. The van der Waals surface area contributed by atoms with Crippen LogP contribution in [0.15, 0.2) is 42.6 Å². The van der Waals surface area contributed by atoms with Crippen molar-refractivity contribution < 1.29 is 0 Å². The fourth-order valence-corrected chi connectivity index (χ4v) is 2.05. The van der Waals surface area contributed by atoms with Gasteiger partial charge in [0.25, 0.3) is 0 Å². The minimum atomic E-state index is 0.486. The zero-order valence-corrected chi connectivity index (χ0v) is 11.8. The largest absolute Gasteiger partial charge is 0.381 e. The number of unbranched alkanes of at least 4 members (excludes halogenated alkanes) is 1. The van der Waals surface area contributed by atoms with Gasteiger partial charge in [-0.1, -0.05) is 31.5 Å². The summed E-state index contributed by atoms with van der Waals surface area (Å²) in [5, 5.41) is 12.3. The van der Waals surface area contributed by atoms with Gasteiger partial charge < -0.3 is 5.32 Å². The molecule has 0 aliphatic heterocycles. The van der Waals surface area contributed by atoms with Crippen molar-refractivity contribution in [2.24, 2.45) is 0 Å². The zero-order valence-electron chi connectivity index (χ0n) is 11.8. The molecule has 0 fully saturated rings. The van der Waals surface area contributed by atoms with Crippen LogP contribution in [-0.2, 0) is 13.0 Å². The van der Waals surface area contributed by atoms with Gasteiger partial charge in [-0.05, 0) is 36.6 Å². The third-order valence-corrected chi connectivity index (χ3v) is 3.25. The molecule has 1 aromatic carbocycles. The number of aromatic nitrogens is 1. The average molecular weight is 265 g/mol. The summed E-state index contributed by atoms with van der Waals surface area (Å²) in [6.07, 6.45) is 5.23. The van der Waals surface area contributed by atoms with Gasteiger partial charge in [-0.25, -0.2) is 4.98 Å². The van der Waals surface area contributed by atoms with E-state index in [9.17, 15) is 0 Å². The van der Waals surface area contributed by atoms with Gasteiger partial charge in [0, 0.05) is 24.0 Å². The Labute approximate surface area is 120 Å². The molecule has 102 valence electrons. The molecule has 0 saturated carbocycles. The third-order valence-electron chi connectivity index (χ3n) is 3.25. The van der Waals surface area contributed by atoms with E-state index in [0.29, 0.717) is 12.2 Å². The van der Waals surface area contributed by atoms with Crippen LogP contribution in [0, 0.1) is 11.3 Å². The first-order chi connectivity index (χ1) is 9.83. The van der Waals surface area contributed by atoms with E-state index in [1.807, 2.05) is 12.1 Å². The summed E-state index contributed by atoms with van der Waals surface area (Å²) in [7, 11) is 0. The fraction of sp³-hybridized carbons (Fsp3) is 0.294. The normalized spacial score (nSPS) is 10.0. The van der Waals surface area contributed by atoms with Crippen molar-refractivity contribution in [1.29, 1.82) is 5.26 Å². The van der Waals surface area contributed by atoms with Crippen molar-refractivity contribution in [1.82, 2.24) is 4.98 Å². The summed E-state index contributed by atoms with van der Waals surface area (Å²) < 4.78 is 0. The first-order valence-corrected chi connectivity index (χ1v) is 7.00. The van der Waals surface area contributed by atoms with E-state index in [1.54, 1.807) is 6.20 Å². The van der Waals surface area contributed by atoms with Crippen LogP contribution in [0.3, 0.4) is 0 Å². The molecule has 2 rings (SSSR count). The molecule has 3 nitrogen and oxygen atoms in total. The Morgan fingerprint density at radius 2 is 2.00 bits per heavy atom. The monoisotopic (exact) mass is 265 g/mol. The fourth-order valence-electron chi connectivity index (χ4n) is 2.05. The molecule has 1 heterocycles. The lowest BCUT2D eigenvalue weighted by Crippen LogP contribution is -2.02. The van der Waals surface area contributed by atoms with Crippen LogP contribution in [0.1, 0.15) is 36.6 Å². The molecular formula is C17H19N3. The lowest BCUT2D eigenvalue weighted by atomic mass is 10.1. The SMILES string of the molecule is CCCCc1ccc(NCc2cccnc2C#N)cc1. The molecule has 0 aliphatic carbocycles. The number of anilines is 1. The molecule has 0 bridgehead atoms. The Balaban J connectivity index is 1.95. The number of aryl methyl sites for hydroxylation is 1. The minimum absolute atomic E-state index is 0.486. The Hall–Kier alpha value is -2.34. The lowest BCUT2D eigenvalue weighted by Gasteiger charge is -2.08. The second-order valence-corrected chi connectivity index (χ2v) is 4.78. The van der Waals surface area contributed by atoms with Gasteiger partial charge in [-0.15, -0.1) is 0 Å². The van der Waals surface area contributed by atoms with Crippen molar-refractivity contribution in [2.45, 2.75) is 32.7 Å². The van der Waals surface area contributed by atoms with Crippen molar-refractivity contribution in [3.63, 3.8) is 0 Å². The summed E-state index contributed by atoms with van der Waals surface area (Å²) >= 11 is 0. The van der Waals surface area contributed by atoms with Crippen molar-refractivity contribution in [3.05, 3.63) is 59.4 Å². The molecule has 20 heavy (non-hydrogen) atoms. The molecule has 0 spiro atoms. The van der Waals surface area contributed by atoms with E-state index in [-0.39, 0.29) is 0 Å². The van der Waals surface area contributed by atoms with Crippen molar-refractivity contribution in [3.8, 4) is 6.07 Å². The summed E-state index contributed by atoms with van der Waals surface area (Å²) in [6, 6.07) is 14.4. The van der Waals surface area contributed by atoms with E-state index in [4.69, 9.17) is 5.26 Å². The summed E-state index contributed by atoms with van der Waals surface area (Å²) in [4.78, 5) is 4.06. The molecule has 0 atom stereocenters. The van der Waals surface area contributed by atoms with Gasteiger partial charge in [0.15, 0.2) is 0 Å². The predicted octanol–water partition coefficient (Wildman–Crippen LogP) is 3.91. The molecule has 1 N–H and O–H groups in total. The topological polar surface area (TPSA) is 48.7 Å². The molecule has 0 unspecified atom stereocenters. The van der Waals surface area contributed by atoms with Gasteiger partial charge >= 0.3 is 0 Å². The predicted molar refractivity (Wildman–Crippen MR) is 81.3 cm³/mol. The number of hydrogen-bond donors (Lipinski definition) is 1. The molecule has 0 saturated heterocycles. The first-order valence-electron chi connectivity index (χ1n) is 7.00. The van der Waals surface area contributed by atoms with Crippen LogP contribution >= 0.6 is 0 Å². The van der Waals surface area contributed by atoms with Gasteiger partial charge in [-0.2, -0.15) is 5.26 Å². The Kier molecular flexibility index (Phi) is 5.14. The third kappa shape index (κ3) is 3.83. The van der Waals surface area contributed by atoms with E-state index < -0.39 is 0 Å². The number of nitrogens with zero attached hydrogens (tertiary/aromatic N) is 2. The van der Waals surface area contributed by atoms with Crippen LogP contribution in [-0.4, -0.2) is 4.98 Å². The molecule has 0 aliphatic rings. The van der Waals surface area contributed by atoms with Crippen molar-refractivity contribution in [2.75, 3.05) is 5.32 Å². The first kappa shape index (κ1) is 14.1. The average Bonchev–Trinajstić information content (AvgIpc) is 2.52. The van der Waals surface area contributed by atoms with Crippen LogP contribution < -0.4 is 5.32 Å². The smallest absolute Gasteiger partial charge is 0.145 e. The maximum atomic E-state index is 8.99. The van der Waals surface area contributed by atoms with Crippen LogP contribution in [0.5, 0.6) is 0 Å². The van der Waals surface area contributed by atoms with Crippen LogP contribution in [0.25, 0.3) is 0 Å². The van der Waals surface area contributed by atoms with E-state index in [1.165, 1.54) is 18.4 Å². The highest BCUT2D eigenvalue weighted by Crippen LogP contribution is 2.13. The van der Waals surface area contributed by atoms with Gasteiger partial charge in [0.05, 0.1) is 0 Å². The Morgan fingerprint density at radius 1 is 1.20 bits per heavy atom. The van der Waals surface area contributed by atoms with Crippen LogP contribution in [0.4, 0.5) is 5.69 Å². The number of rotatable bonds is 6. The minimum Gasteiger partial charge on any atom is -0.381 e. The zero-order chi connectivity index (χ0) is 14.2. The van der Waals surface area contributed by atoms with E-state index >= 15 is 0 Å². The number of nitriles is 1. The van der Waals surface area contributed by atoms with Gasteiger partial charge in [0.2, 0.25) is 0 Å². The molecule has 1 aromatic heterocycles. The lowest BCUT2D eigenvalue weighted by molar-refractivity contribution is 0.795. The standard InChI is InChI=1S/C17H19N3/c1-2-3-5-14-7-9-16(10-8-14)20-13-15-6-4-11-19-17(15)12-18/h4,6-11,20H,2-3,5,13H2,1H3. The maximum absolute atomic E-state index is 8.99. The highest BCUT2D eigenvalue weighted by atomic mass is 14.9. The number of hydrogen-bond acceptors (Lipinski definition) is 3. The quantitative estimate of drug-likeness (QED) is 0.861. The van der Waals surface area contributed by atoms with Crippen molar-refractivity contribution >= 4 is 5.69 Å². The highest BCUT2D eigenvalue weighted by Gasteiger charge is 2.02. The maximum Gasteiger partial charge on any atom is 0.145 e. The summed E-state index contributed by atoms with van der Waals surface area (Å²) in [5.41, 5.74) is 3.85. The Morgan fingerprint density at radius 3 is 2.70 bits per heavy atom. The molecule has 0 amide bonds. The Bertz CT molecular complexity index is 582. The van der Waals surface area contributed by atoms with E-state index in [0.717, 1.165) is 17.7 Å². The van der Waals surface area contributed by atoms with Crippen LogP contribution in [0.2, 0.25) is 0 Å². The molecule has 0 radical (unpaired) electrons. The number of benzene rings is 1. The van der Waals surface area contributed by atoms with E-state index in [2.05, 4.69) is 47.6 Å². The molecular weight excluding hydrogens is 246 g/mol. The van der Waals surface area contributed by atoms with Gasteiger partial charge in [-0.3, -0.25) is 0 Å². The number of pyridine rings is 1. The molecule has 3 heteroatoms. The second-order valence-electron chi connectivity index (χ2n) is 4.78. The number of nitrogens with one attached hydrogen (secondary N) is 1. The second kappa shape index (κ2) is 7.30. The van der Waals surface area contributed by atoms with Gasteiger partial charge in [0.1, 0.15) is 11.8 Å². The molecule has 2 aromatic rings.